The molecule has 0 aliphatic carbocycles. The van der Waals surface area contributed by atoms with Crippen molar-refractivity contribution in [3.8, 4) is 5.75 Å². The minimum Gasteiger partial charge on any atom is -0.495 e. The highest BCUT2D eigenvalue weighted by Gasteiger charge is 2.13. The summed E-state index contributed by atoms with van der Waals surface area (Å²) in [6.45, 7) is 4.12. The Morgan fingerprint density at radius 2 is 2.14 bits per heavy atom. The van der Waals surface area contributed by atoms with Gasteiger partial charge in [0.15, 0.2) is 0 Å². The van der Waals surface area contributed by atoms with Crippen LogP contribution in [0.25, 0.3) is 0 Å². The fourth-order valence-corrected chi connectivity index (χ4v) is 2.39. The molecule has 2 nitrogen and oxygen atoms in total. The lowest BCUT2D eigenvalue weighted by Gasteiger charge is -2.15. The number of aliphatic hydroxyl groups excluding tert-OH is 1. The molecule has 14 heavy (non-hydrogen) atoms. The van der Waals surface area contributed by atoms with Crippen molar-refractivity contribution in [2.75, 3.05) is 13.7 Å². The Balaban J connectivity index is 3.21. The Hall–Kier alpha value is -0.540. The van der Waals surface area contributed by atoms with Crippen LogP contribution in [0.4, 0.5) is 0 Å². The van der Waals surface area contributed by atoms with Crippen molar-refractivity contribution in [2.24, 2.45) is 0 Å². The lowest BCUT2D eigenvalue weighted by molar-refractivity contribution is 0.272. The van der Waals surface area contributed by atoms with Crippen LogP contribution in [-0.4, -0.2) is 18.8 Å². The van der Waals surface area contributed by atoms with Crippen molar-refractivity contribution in [3.05, 3.63) is 27.7 Å². The highest BCUT2D eigenvalue weighted by Crippen LogP contribution is 2.35. The first-order valence-corrected chi connectivity index (χ1v) is 5.35. The second kappa shape index (κ2) is 4.80. The molecule has 0 aromatic heterocycles. The third kappa shape index (κ3) is 2.10. The average Bonchev–Trinajstić information content (AvgIpc) is 2.18. The Bertz CT molecular complexity index is 323. The van der Waals surface area contributed by atoms with Gasteiger partial charge in [0, 0.05) is 12.5 Å². The monoisotopic (exact) mass is 258 g/mol. The van der Waals surface area contributed by atoms with Crippen LogP contribution in [0.1, 0.15) is 24.0 Å². The molecule has 0 amide bonds. The van der Waals surface area contributed by atoms with E-state index in [0.29, 0.717) is 0 Å². The number of rotatable bonds is 3. The zero-order valence-corrected chi connectivity index (χ0v) is 10.3. The van der Waals surface area contributed by atoms with E-state index in [1.54, 1.807) is 7.11 Å². The van der Waals surface area contributed by atoms with Crippen LogP contribution in [0.15, 0.2) is 16.6 Å². The molecule has 0 saturated carbocycles. The van der Waals surface area contributed by atoms with E-state index in [4.69, 9.17) is 9.84 Å². The molecule has 0 saturated heterocycles. The molecule has 1 N–H and O–H groups in total. The maximum absolute atomic E-state index is 9.08. The predicted molar refractivity (Wildman–Crippen MR) is 60.9 cm³/mol. The van der Waals surface area contributed by atoms with Crippen molar-refractivity contribution in [1.82, 2.24) is 0 Å². The van der Waals surface area contributed by atoms with Gasteiger partial charge >= 0.3 is 0 Å². The molecule has 0 fully saturated rings. The van der Waals surface area contributed by atoms with Crippen molar-refractivity contribution in [1.29, 1.82) is 0 Å². The van der Waals surface area contributed by atoms with Gasteiger partial charge in [0.1, 0.15) is 5.75 Å². The lowest BCUT2D eigenvalue weighted by atomic mass is 10.0. The van der Waals surface area contributed by atoms with Crippen LogP contribution in [-0.2, 0) is 0 Å². The Morgan fingerprint density at radius 3 is 2.64 bits per heavy atom. The zero-order chi connectivity index (χ0) is 10.7. The van der Waals surface area contributed by atoms with Gasteiger partial charge in [0.25, 0.3) is 0 Å². The number of aliphatic hydroxyl groups is 1. The summed E-state index contributed by atoms with van der Waals surface area (Å²) in [5, 5.41) is 9.08. The lowest BCUT2D eigenvalue weighted by Crippen LogP contribution is -2.01. The molecule has 0 heterocycles. The molecule has 1 aromatic carbocycles. The number of hydrogen-bond acceptors (Lipinski definition) is 2. The summed E-state index contributed by atoms with van der Waals surface area (Å²) in [5.74, 6) is 0.974. The van der Waals surface area contributed by atoms with Gasteiger partial charge in [0.2, 0.25) is 0 Å². The first-order valence-electron chi connectivity index (χ1n) is 4.55. The Kier molecular flexibility index (Phi) is 3.96. The summed E-state index contributed by atoms with van der Waals surface area (Å²) in [6.07, 6.45) is 0. The smallest absolute Gasteiger partial charge is 0.136 e. The molecule has 78 valence electrons. The minimum absolute atomic E-state index is 0.124. The van der Waals surface area contributed by atoms with Gasteiger partial charge in [-0.1, -0.05) is 19.1 Å². The molecule has 0 radical (unpaired) electrons. The molecule has 0 spiro atoms. The van der Waals surface area contributed by atoms with Crippen LogP contribution in [0.2, 0.25) is 0 Å². The number of methoxy groups -OCH3 is 1. The number of benzene rings is 1. The molecule has 0 bridgehead atoms. The molecule has 1 unspecified atom stereocenters. The molecular weight excluding hydrogens is 244 g/mol. The number of aryl methyl sites for hydroxylation is 1. The van der Waals surface area contributed by atoms with E-state index in [1.807, 2.05) is 26.0 Å². The summed E-state index contributed by atoms with van der Waals surface area (Å²) in [7, 11) is 1.65. The normalized spacial score (nSPS) is 12.6. The van der Waals surface area contributed by atoms with Gasteiger partial charge in [-0.05, 0) is 34.0 Å². The van der Waals surface area contributed by atoms with Crippen molar-refractivity contribution in [3.63, 3.8) is 0 Å². The molecular formula is C11H15BrO2. The Morgan fingerprint density at radius 1 is 1.50 bits per heavy atom. The van der Waals surface area contributed by atoms with Gasteiger partial charge < -0.3 is 9.84 Å². The fraction of sp³-hybridized carbons (Fsp3) is 0.455. The molecule has 0 aliphatic rings. The molecule has 1 aromatic rings. The quantitative estimate of drug-likeness (QED) is 0.904. The maximum atomic E-state index is 9.08. The van der Waals surface area contributed by atoms with E-state index in [-0.39, 0.29) is 12.5 Å². The van der Waals surface area contributed by atoms with E-state index in [2.05, 4.69) is 15.9 Å². The minimum atomic E-state index is 0.124. The van der Waals surface area contributed by atoms with Gasteiger partial charge in [-0.3, -0.25) is 0 Å². The van der Waals surface area contributed by atoms with E-state index in [0.717, 1.165) is 21.3 Å². The predicted octanol–water partition coefficient (Wildman–Crippen LogP) is 2.86. The highest BCUT2D eigenvalue weighted by atomic mass is 79.9. The van der Waals surface area contributed by atoms with E-state index < -0.39 is 0 Å². The third-order valence-electron chi connectivity index (χ3n) is 2.33. The second-order valence-corrected chi connectivity index (χ2v) is 4.20. The number of hydrogen-bond donors (Lipinski definition) is 1. The van der Waals surface area contributed by atoms with Gasteiger partial charge in [-0.15, -0.1) is 0 Å². The standard InChI is InChI=1S/C11H15BrO2/c1-7-4-5-9(8(2)6-13)10(12)11(7)14-3/h4-5,8,13H,6H2,1-3H3. The summed E-state index contributed by atoms with van der Waals surface area (Å²) in [5.41, 5.74) is 2.17. The van der Waals surface area contributed by atoms with Crippen LogP contribution in [0, 0.1) is 6.92 Å². The maximum Gasteiger partial charge on any atom is 0.136 e. The van der Waals surface area contributed by atoms with Crippen LogP contribution >= 0.6 is 15.9 Å². The van der Waals surface area contributed by atoms with Crippen LogP contribution < -0.4 is 4.74 Å². The number of ether oxygens (including phenoxy) is 1. The molecule has 0 aliphatic heterocycles. The summed E-state index contributed by atoms with van der Waals surface area (Å²) in [4.78, 5) is 0. The van der Waals surface area contributed by atoms with E-state index in [1.165, 1.54) is 0 Å². The molecule has 1 atom stereocenters. The van der Waals surface area contributed by atoms with Crippen LogP contribution in [0.5, 0.6) is 5.75 Å². The van der Waals surface area contributed by atoms with Gasteiger partial charge in [-0.25, -0.2) is 0 Å². The highest BCUT2D eigenvalue weighted by molar-refractivity contribution is 9.10. The van der Waals surface area contributed by atoms with E-state index in [9.17, 15) is 0 Å². The van der Waals surface area contributed by atoms with Gasteiger partial charge in [-0.2, -0.15) is 0 Å². The summed E-state index contributed by atoms with van der Waals surface area (Å²) in [6, 6.07) is 4.02. The van der Waals surface area contributed by atoms with Crippen molar-refractivity contribution < 1.29 is 9.84 Å². The topological polar surface area (TPSA) is 29.5 Å². The molecule has 1 rings (SSSR count). The van der Waals surface area contributed by atoms with E-state index >= 15 is 0 Å². The summed E-state index contributed by atoms with van der Waals surface area (Å²) >= 11 is 3.50. The number of halogens is 1. The summed E-state index contributed by atoms with van der Waals surface area (Å²) < 4.78 is 6.23. The second-order valence-electron chi connectivity index (χ2n) is 3.40. The zero-order valence-electron chi connectivity index (χ0n) is 8.67. The third-order valence-corrected chi connectivity index (χ3v) is 3.15. The first kappa shape index (κ1) is 11.5. The molecule has 3 heteroatoms. The van der Waals surface area contributed by atoms with Crippen molar-refractivity contribution >= 4 is 15.9 Å². The average molecular weight is 259 g/mol. The SMILES string of the molecule is COc1c(C)ccc(C(C)CO)c1Br. The van der Waals surface area contributed by atoms with Crippen molar-refractivity contribution in [2.45, 2.75) is 19.8 Å². The fourth-order valence-electron chi connectivity index (χ4n) is 1.40. The van der Waals surface area contributed by atoms with Gasteiger partial charge in [0.05, 0.1) is 11.6 Å². The first-order chi connectivity index (χ1) is 6.61. The van der Waals surface area contributed by atoms with Crippen LogP contribution in [0.3, 0.4) is 0 Å². The largest absolute Gasteiger partial charge is 0.495 e. The Labute approximate surface area is 93.0 Å².